The Kier molecular flexibility index (Phi) is 8.78. The molecule has 1 fully saturated rings. The number of aryl methyl sites for hydroxylation is 1. The van der Waals surface area contributed by atoms with Crippen LogP contribution in [-0.2, 0) is 9.53 Å². The van der Waals surface area contributed by atoms with E-state index >= 15 is 0 Å². The summed E-state index contributed by atoms with van der Waals surface area (Å²) in [6, 6.07) is 10.9. The average molecular weight is 524 g/mol. The maximum Gasteiger partial charge on any atom is 0.410 e. The molecule has 1 N–H and O–H groups in total. The fourth-order valence-corrected chi connectivity index (χ4v) is 4.74. The smallest absolute Gasteiger partial charge is 0.410 e. The molecule has 1 saturated heterocycles. The van der Waals surface area contributed by atoms with Gasteiger partial charge in [-0.3, -0.25) is 4.79 Å². The second kappa shape index (κ2) is 11.4. The standard InChI is InChI=1S/C26H31Cl2NO6/c1-16-13-21(27)23(22(28)14-16)34-12-11-33-18-7-5-17(6-8-18)19-9-10-29(15-20(19)24(30)31)25(32)35-26(2,3)4/h5-8,13-14,19-20H,9-12,15H2,1-4H3,(H,30,31)/t19-,20?/m1/s1. The van der Waals surface area contributed by atoms with Gasteiger partial charge in [0.2, 0.25) is 0 Å². The Morgan fingerprint density at radius 2 is 1.66 bits per heavy atom. The Labute approximate surface area is 215 Å². The van der Waals surface area contributed by atoms with E-state index in [9.17, 15) is 14.7 Å². The van der Waals surface area contributed by atoms with Crippen molar-refractivity contribution in [2.75, 3.05) is 26.3 Å². The van der Waals surface area contributed by atoms with E-state index < -0.39 is 23.6 Å². The van der Waals surface area contributed by atoms with E-state index in [1.54, 1.807) is 45.0 Å². The number of amides is 1. The van der Waals surface area contributed by atoms with Gasteiger partial charge in [-0.05, 0) is 69.5 Å². The van der Waals surface area contributed by atoms with E-state index in [1.165, 1.54) is 4.90 Å². The lowest BCUT2D eigenvalue weighted by molar-refractivity contribution is -0.144. The molecule has 2 atom stereocenters. The first-order valence-corrected chi connectivity index (χ1v) is 12.2. The Bertz CT molecular complexity index is 1030. The van der Waals surface area contributed by atoms with Crippen LogP contribution in [-0.4, -0.2) is 54.0 Å². The minimum absolute atomic E-state index is 0.106. The molecule has 0 bridgehead atoms. The number of ether oxygens (including phenoxy) is 3. The number of halogens is 2. The lowest BCUT2D eigenvalue weighted by Crippen LogP contribution is -2.47. The number of rotatable bonds is 7. The largest absolute Gasteiger partial charge is 0.490 e. The third-order valence-electron chi connectivity index (χ3n) is 5.63. The zero-order valence-corrected chi connectivity index (χ0v) is 21.9. The second-order valence-electron chi connectivity index (χ2n) is 9.59. The molecule has 2 aromatic carbocycles. The zero-order valence-electron chi connectivity index (χ0n) is 20.3. The molecule has 7 nitrogen and oxygen atoms in total. The molecule has 2 aromatic rings. The normalized spacial score (nSPS) is 18.2. The van der Waals surface area contributed by atoms with Gasteiger partial charge in [0.1, 0.15) is 24.6 Å². The number of aliphatic carboxylic acids is 1. The van der Waals surface area contributed by atoms with Crippen LogP contribution in [0.2, 0.25) is 10.0 Å². The van der Waals surface area contributed by atoms with Crippen molar-refractivity contribution < 1.29 is 28.9 Å². The third kappa shape index (κ3) is 7.42. The molecule has 35 heavy (non-hydrogen) atoms. The second-order valence-corrected chi connectivity index (χ2v) is 10.4. The van der Waals surface area contributed by atoms with Crippen molar-refractivity contribution in [1.29, 1.82) is 0 Å². The van der Waals surface area contributed by atoms with Crippen LogP contribution >= 0.6 is 23.2 Å². The number of likely N-dealkylation sites (tertiary alicyclic amines) is 1. The van der Waals surface area contributed by atoms with Gasteiger partial charge in [0, 0.05) is 19.0 Å². The summed E-state index contributed by atoms with van der Waals surface area (Å²) in [5.74, 6) is -0.809. The van der Waals surface area contributed by atoms with Crippen molar-refractivity contribution in [2.45, 2.75) is 45.6 Å². The first-order valence-electron chi connectivity index (χ1n) is 11.5. The number of hydrogen-bond acceptors (Lipinski definition) is 5. The summed E-state index contributed by atoms with van der Waals surface area (Å²) in [7, 11) is 0. The molecule has 190 valence electrons. The maximum atomic E-state index is 12.4. The molecular weight excluding hydrogens is 493 g/mol. The van der Waals surface area contributed by atoms with Crippen LogP contribution in [0, 0.1) is 12.8 Å². The van der Waals surface area contributed by atoms with E-state index in [0.29, 0.717) is 34.5 Å². The lowest BCUT2D eigenvalue weighted by atomic mass is 9.80. The highest BCUT2D eigenvalue weighted by molar-refractivity contribution is 6.37. The highest BCUT2D eigenvalue weighted by Gasteiger charge is 2.38. The quantitative estimate of drug-likeness (QED) is 0.435. The topological polar surface area (TPSA) is 85.3 Å². The summed E-state index contributed by atoms with van der Waals surface area (Å²) in [6.45, 7) is 8.34. The lowest BCUT2D eigenvalue weighted by Gasteiger charge is -2.37. The van der Waals surface area contributed by atoms with Crippen molar-refractivity contribution in [3.63, 3.8) is 0 Å². The summed E-state index contributed by atoms with van der Waals surface area (Å²) in [5.41, 5.74) is 1.21. The molecule has 1 aliphatic heterocycles. The van der Waals surface area contributed by atoms with E-state index in [1.807, 2.05) is 19.1 Å². The number of carboxylic acid groups (broad SMARTS) is 1. The molecule has 1 unspecified atom stereocenters. The minimum atomic E-state index is -0.936. The highest BCUT2D eigenvalue weighted by Crippen LogP contribution is 2.35. The highest BCUT2D eigenvalue weighted by atomic mass is 35.5. The van der Waals surface area contributed by atoms with Crippen LogP contribution < -0.4 is 9.47 Å². The van der Waals surface area contributed by atoms with E-state index in [4.69, 9.17) is 37.4 Å². The predicted octanol–water partition coefficient (Wildman–Crippen LogP) is 6.18. The first kappa shape index (κ1) is 27.0. The first-order chi connectivity index (χ1) is 16.4. The number of nitrogens with zero attached hydrogens (tertiary/aromatic N) is 1. The SMILES string of the molecule is Cc1cc(Cl)c(OCCOc2ccc([C@H]3CCN(C(=O)OC(C)(C)C)CC3C(=O)O)cc2)c(Cl)c1. The molecule has 1 amide bonds. The van der Waals surface area contributed by atoms with Crippen LogP contribution in [0.25, 0.3) is 0 Å². The monoisotopic (exact) mass is 523 g/mol. The molecule has 0 spiro atoms. The molecular formula is C26H31Cl2NO6. The van der Waals surface area contributed by atoms with Gasteiger partial charge in [-0.15, -0.1) is 0 Å². The number of carbonyl (C=O) groups is 2. The van der Waals surface area contributed by atoms with Gasteiger partial charge in [0.15, 0.2) is 5.75 Å². The average Bonchev–Trinajstić information content (AvgIpc) is 2.76. The van der Waals surface area contributed by atoms with Crippen molar-refractivity contribution in [1.82, 2.24) is 4.90 Å². The van der Waals surface area contributed by atoms with Crippen molar-refractivity contribution in [3.8, 4) is 11.5 Å². The molecule has 0 radical (unpaired) electrons. The van der Waals surface area contributed by atoms with Gasteiger partial charge in [-0.1, -0.05) is 35.3 Å². The predicted molar refractivity (Wildman–Crippen MR) is 135 cm³/mol. The third-order valence-corrected chi connectivity index (χ3v) is 6.19. The van der Waals surface area contributed by atoms with Gasteiger partial charge in [0.25, 0.3) is 0 Å². The molecule has 1 aliphatic rings. The zero-order chi connectivity index (χ0) is 25.8. The van der Waals surface area contributed by atoms with Crippen molar-refractivity contribution >= 4 is 35.3 Å². The number of carbonyl (C=O) groups excluding carboxylic acids is 1. The summed E-state index contributed by atoms with van der Waals surface area (Å²) < 4.78 is 16.8. The van der Waals surface area contributed by atoms with Crippen LogP contribution in [0.3, 0.4) is 0 Å². The summed E-state index contributed by atoms with van der Waals surface area (Å²) in [5, 5.41) is 10.7. The fourth-order valence-electron chi connectivity index (χ4n) is 4.03. The minimum Gasteiger partial charge on any atom is -0.490 e. The Hall–Kier alpha value is -2.64. The number of benzene rings is 2. The fraction of sp³-hybridized carbons (Fsp3) is 0.462. The van der Waals surface area contributed by atoms with Crippen LogP contribution in [0.1, 0.15) is 44.2 Å². The van der Waals surface area contributed by atoms with E-state index in [-0.39, 0.29) is 25.7 Å². The van der Waals surface area contributed by atoms with Crippen molar-refractivity contribution in [2.24, 2.45) is 5.92 Å². The van der Waals surface area contributed by atoms with Crippen LogP contribution in [0.4, 0.5) is 4.79 Å². The molecule has 0 aliphatic carbocycles. The van der Waals surface area contributed by atoms with Gasteiger partial charge in [0.05, 0.1) is 16.0 Å². The number of piperidine rings is 1. The van der Waals surface area contributed by atoms with E-state index in [2.05, 4.69) is 0 Å². The molecule has 1 heterocycles. The summed E-state index contributed by atoms with van der Waals surface area (Å²) in [6.07, 6.45) is 0.0452. The van der Waals surface area contributed by atoms with Crippen LogP contribution in [0.15, 0.2) is 36.4 Å². The summed E-state index contributed by atoms with van der Waals surface area (Å²) in [4.78, 5) is 25.9. The summed E-state index contributed by atoms with van der Waals surface area (Å²) >= 11 is 12.4. The van der Waals surface area contributed by atoms with Gasteiger partial charge < -0.3 is 24.2 Å². The molecule has 9 heteroatoms. The Morgan fingerprint density at radius 3 is 2.23 bits per heavy atom. The van der Waals surface area contributed by atoms with Crippen molar-refractivity contribution in [3.05, 3.63) is 57.6 Å². The van der Waals surface area contributed by atoms with Gasteiger partial charge in [-0.25, -0.2) is 4.79 Å². The maximum absolute atomic E-state index is 12.4. The van der Waals surface area contributed by atoms with Crippen LogP contribution in [0.5, 0.6) is 11.5 Å². The van der Waals surface area contributed by atoms with Gasteiger partial charge >= 0.3 is 12.1 Å². The molecule has 0 aromatic heterocycles. The number of carboxylic acids is 1. The Morgan fingerprint density at radius 1 is 1.06 bits per heavy atom. The molecule has 3 rings (SSSR count). The Balaban J connectivity index is 1.56. The van der Waals surface area contributed by atoms with E-state index in [0.717, 1.165) is 11.1 Å². The number of hydrogen-bond donors (Lipinski definition) is 1. The van der Waals surface area contributed by atoms with Gasteiger partial charge in [-0.2, -0.15) is 0 Å². The molecule has 0 saturated carbocycles.